The Kier molecular flexibility index (Phi) is 9.36. The molecule has 3 rings (SSSR count). The van der Waals surface area contributed by atoms with Crippen molar-refractivity contribution in [2.75, 3.05) is 26.2 Å². The molecule has 0 amide bonds. The largest absolute Gasteiger partial charge is 0.507 e. The number of nitrogens with zero attached hydrogens (tertiary/aromatic N) is 1. The third-order valence-electron chi connectivity index (χ3n) is 6.52. The van der Waals surface area contributed by atoms with Crippen LogP contribution in [0.2, 0.25) is 0 Å². The Labute approximate surface area is 190 Å². The van der Waals surface area contributed by atoms with E-state index >= 15 is 0 Å². The summed E-state index contributed by atoms with van der Waals surface area (Å²) in [6.07, 6.45) is 5.25. The molecule has 0 unspecified atom stereocenters. The van der Waals surface area contributed by atoms with Gasteiger partial charge in [0.1, 0.15) is 5.75 Å². The number of phenols is 1. The SMILES string of the molecule is CC(C)(C)c1cc([C@@H](C2CCCC2)N2CCNCC2)c(O)c(C(C)(C)C)c1.Cl.Cl. The van der Waals surface area contributed by atoms with Crippen LogP contribution in [-0.2, 0) is 10.8 Å². The van der Waals surface area contributed by atoms with Crippen LogP contribution in [0.4, 0.5) is 0 Å². The van der Waals surface area contributed by atoms with Crippen LogP contribution in [0.3, 0.4) is 0 Å². The minimum Gasteiger partial charge on any atom is -0.507 e. The Morgan fingerprint density at radius 1 is 0.931 bits per heavy atom. The molecule has 2 fully saturated rings. The van der Waals surface area contributed by atoms with E-state index in [9.17, 15) is 5.11 Å². The Bertz CT molecular complexity index is 652. The summed E-state index contributed by atoms with van der Waals surface area (Å²) in [5, 5.41) is 14.9. The summed E-state index contributed by atoms with van der Waals surface area (Å²) in [5.41, 5.74) is 3.64. The summed E-state index contributed by atoms with van der Waals surface area (Å²) >= 11 is 0. The lowest BCUT2D eigenvalue weighted by Crippen LogP contribution is -2.46. The van der Waals surface area contributed by atoms with Crippen LogP contribution in [0.25, 0.3) is 0 Å². The standard InChI is InChI=1S/C24H40N2O.2ClH/c1-23(2,3)18-15-19(22(27)20(16-18)24(4,5)6)21(17-9-7-8-10-17)26-13-11-25-12-14-26;;/h15-17,21,25,27H,7-14H2,1-6H3;2*1H/t21-;;/m1../s1. The Morgan fingerprint density at radius 3 is 1.97 bits per heavy atom. The second kappa shape index (κ2) is 10.2. The van der Waals surface area contributed by atoms with Crippen molar-refractivity contribution in [2.45, 2.75) is 84.1 Å². The number of piperazine rings is 1. The second-order valence-corrected chi connectivity index (χ2v) is 10.7. The summed E-state index contributed by atoms with van der Waals surface area (Å²) in [5.74, 6) is 1.21. The van der Waals surface area contributed by atoms with Crippen molar-refractivity contribution in [2.24, 2.45) is 5.92 Å². The van der Waals surface area contributed by atoms with E-state index in [4.69, 9.17) is 0 Å². The van der Waals surface area contributed by atoms with E-state index in [1.165, 1.54) is 36.8 Å². The fourth-order valence-electron chi connectivity index (χ4n) is 4.87. The number of hydrogen-bond donors (Lipinski definition) is 2. The maximum absolute atomic E-state index is 11.4. The van der Waals surface area contributed by atoms with Crippen molar-refractivity contribution in [3.05, 3.63) is 28.8 Å². The van der Waals surface area contributed by atoms with Crippen LogP contribution in [0.15, 0.2) is 12.1 Å². The number of hydrogen-bond acceptors (Lipinski definition) is 3. The zero-order chi connectivity index (χ0) is 19.8. The van der Waals surface area contributed by atoms with Gasteiger partial charge in [0.15, 0.2) is 0 Å². The summed E-state index contributed by atoms with van der Waals surface area (Å²) in [4.78, 5) is 2.64. The van der Waals surface area contributed by atoms with Crippen LogP contribution in [0.5, 0.6) is 5.75 Å². The fourth-order valence-corrected chi connectivity index (χ4v) is 4.87. The molecule has 29 heavy (non-hydrogen) atoms. The number of nitrogens with one attached hydrogen (secondary N) is 1. The van der Waals surface area contributed by atoms with Gasteiger partial charge in [-0.2, -0.15) is 0 Å². The van der Waals surface area contributed by atoms with Gasteiger partial charge in [0.2, 0.25) is 0 Å². The Balaban J connectivity index is 0.00000210. The van der Waals surface area contributed by atoms with E-state index in [-0.39, 0.29) is 35.6 Å². The first-order valence-electron chi connectivity index (χ1n) is 10.9. The molecule has 0 radical (unpaired) electrons. The first-order valence-corrected chi connectivity index (χ1v) is 10.9. The molecule has 1 atom stereocenters. The van der Waals surface area contributed by atoms with E-state index in [1.807, 2.05) is 0 Å². The van der Waals surface area contributed by atoms with Gasteiger partial charge in [-0.05, 0) is 46.8 Å². The molecule has 1 saturated heterocycles. The van der Waals surface area contributed by atoms with E-state index in [2.05, 4.69) is 63.9 Å². The fraction of sp³-hybridized carbons (Fsp3) is 0.750. The molecule has 0 aromatic heterocycles. The molecule has 1 aliphatic carbocycles. The Hall–Kier alpha value is -0.480. The van der Waals surface area contributed by atoms with Crippen LogP contribution in [-0.4, -0.2) is 36.2 Å². The van der Waals surface area contributed by atoms with Gasteiger partial charge in [-0.15, -0.1) is 24.8 Å². The van der Waals surface area contributed by atoms with Crippen molar-refractivity contribution < 1.29 is 5.11 Å². The highest BCUT2D eigenvalue weighted by Crippen LogP contribution is 2.46. The Morgan fingerprint density at radius 2 is 1.48 bits per heavy atom. The molecule has 0 spiro atoms. The van der Waals surface area contributed by atoms with Crippen LogP contribution in [0, 0.1) is 5.92 Å². The molecule has 3 nitrogen and oxygen atoms in total. The lowest BCUT2D eigenvalue weighted by molar-refractivity contribution is 0.123. The zero-order valence-corrected chi connectivity index (χ0v) is 20.8. The van der Waals surface area contributed by atoms with E-state index in [0.717, 1.165) is 31.7 Å². The lowest BCUT2D eigenvalue weighted by atomic mass is 9.76. The third kappa shape index (κ3) is 6.03. The number of aromatic hydroxyl groups is 1. The van der Waals surface area contributed by atoms with Crippen molar-refractivity contribution in [3.8, 4) is 5.75 Å². The zero-order valence-electron chi connectivity index (χ0n) is 19.2. The van der Waals surface area contributed by atoms with Crippen molar-refractivity contribution in [3.63, 3.8) is 0 Å². The molecule has 1 aliphatic heterocycles. The highest BCUT2D eigenvalue weighted by atomic mass is 35.5. The minimum atomic E-state index is -0.0657. The maximum Gasteiger partial charge on any atom is 0.124 e. The minimum absolute atomic E-state index is 0. The normalized spacial score (nSPS) is 20.1. The first kappa shape index (κ1) is 26.6. The molecule has 1 aromatic carbocycles. The summed E-state index contributed by atoms with van der Waals surface area (Å²) < 4.78 is 0. The van der Waals surface area contributed by atoms with Gasteiger partial charge in [0.25, 0.3) is 0 Å². The average molecular weight is 446 g/mol. The van der Waals surface area contributed by atoms with Crippen molar-refractivity contribution in [1.29, 1.82) is 0 Å². The summed E-state index contributed by atoms with van der Waals surface area (Å²) in [6.45, 7) is 17.7. The maximum atomic E-state index is 11.4. The monoisotopic (exact) mass is 444 g/mol. The van der Waals surface area contributed by atoms with Gasteiger partial charge in [-0.1, -0.05) is 60.5 Å². The molecular weight excluding hydrogens is 403 g/mol. The topological polar surface area (TPSA) is 35.5 Å². The van der Waals surface area contributed by atoms with Gasteiger partial charge in [0.05, 0.1) is 0 Å². The first-order chi connectivity index (χ1) is 12.6. The van der Waals surface area contributed by atoms with E-state index < -0.39 is 0 Å². The molecule has 2 aliphatic rings. The second-order valence-electron chi connectivity index (χ2n) is 10.7. The molecule has 2 N–H and O–H groups in total. The molecule has 1 saturated carbocycles. The quantitative estimate of drug-likeness (QED) is 0.602. The van der Waals surface area contributed by atoms with Gasteiger partial charge in [0, 0.05) is 37.8 Å². The van der Waals surface area contributed by atoms with Crippen molar-refractivity contribution >= 4 is 24.8 Å². The highest BCUT2D eigenvalue weighted by Gasteiger charge is 2.36. The average Bonchev–Trinajstić information content (AvgIpc) is 3.09. The molecule has 1 aromatic rings. The van der Waals surface area contributed by atoms with Crippen molar-refractivity contribution in [1.82, 2.24) is 10.2 Å². The predicted octanol–water partition coefficient (Wildman–Crippen LogP) is 5.97. The van der Waals surface area contributed by atoms with Crippen LogP contribution in [0.1, 0.15) is 90.0 Å². The van der Waals surface area contributed by atoms with E-state index in [0.29, 0.717) is 17.7 Å². The molecule has 168 valence electrons. The predicted molar refractivity (Wildman–Crippen MR) is 129 cm³/mol. The number of benzene rings is 1. The molecule has 0 bridgehead atoms. The van der Waals surface area contributed by atoms with Gasteiger partial charge >= 0.3 is 0 Å². The summed E-state index contributed by atoms with van der Waals surface area (Å²) in [6, 6.07) is 4.93. The van der Waals surface area contributed by atoms with E-state index in [1.54, 1.807) is 0 Å². The molecule has 5 heteroatoms. The van der Waals surface area contributed by atoms with Gasteiger partial charge in [-0.3, -0.25) is 4.90 Å². The van der Waals surface area contributed by atoms with Gasteiger partial charge in [-0.25, -0.2) is 0 Å². The third-order valence-corrected chi connectivity index (χ3v) is 6.52. The van der Waals surface area contributed by atoms with Crippen LogP contribution < -0.4 is 5.32 Å². The lowest BCUT2D eigenvalue weighted by Gasteiger charge is -2.40. The molecule has 1 heterocycles. The number of halogens is 2. The summed E-state index contributed by atoms with van der Waals surface area (Å²) in [7, 11) is 0. The highest BCUT2D eigenvalue weighted by molar-refractivity contribution is 5.85. The number of phenolic OH excluding ortho intramolecular Hbond substituents is 1. The molecular formula is C24H42Cl2N2O. The smallest absolute Gasteiger partial charge is 0.124 e. The number of rotatable bonds is 3. The van der Waals surface area contributed by atoms with Gasteiger partial charge < -0.3 is 10.4 Å². The van der Waals surface area contributed by atoms with Crippen LogP contribution >= 0.6 is 24.8 Å².